The van der Waals surface area contributed by atoms with Crippen LogP contribution in [0.3, 0.4) is 0 Å². The third-order valence-corrected chi connectivity index (χ3v) is 3.34. The summed E-state index contributed by atoms with van der Waals surface area (Å²) < 4.78 is 0. The van der Waals surface area contributed by atoms with Crippen LogP contribution in [0.1, 0.15) is 43.0 Å². The van der Waals surface area contributed by atoms with E-state index in [1.807, 2.05) is 12.1 Å². The van der Waals surface area contributed by atoms with Crippen molar-refractivity contribution < 1.29 is 4.79 Å². The van der Waals surface area contributed by atoms with Crippen LogP contribution in [0.2, 0.25) is 0 Å². The van der Waals surface area contributed by atoms with Crippen molar-refractivity contribution in [3.05, 3.63) is 35.4 Å². The molecule has 96 valence electrons. The number of allylic oxidation sites excluding steroid dienone is 1. The number of carbonyl (C=O) groups is 1. The second kappa shape index (κ2) is 5.71. The molecule has 1 aromatic carbocycles. The van der Waals surface area contributed by atoms with Crippen LogP contribution in [0.5, 0.6) is 0 Å². The number of nitrogens with one attached hydrogen (secondary N) is 1. The molecule has 0 aliphatic heterocycles. The normalized spacial score (nSPS) is 14.4. The summed E-state index contributed by atoms with van der Waals surface area (Å²) >= 11 is 0. The standard InChI is InChI=1S/C15H20N2O/c1-11(18)14-10-13(6-7-15(14)16)17-9-8-12-4-2-3-5-12/h4,6-7,10,17H,2-3,5,8-9,16H2,1H3. The monoisotopic (exact) mass is 244 g/mol. The van der Waals surface area contributed by atoms with Crippen molar-refractivity contribution in [1.82, 2.24) is 0 Å². The summed E-state index contributed by atoms with van der Waals surface area (Å²) in [6, 6.07) is 5.54. The van der Waals surface area contributed by atoms with E-state index in [4.69, 9.17) is 5.73 Å². The number of nitrogen functional groups attached to an aromatic ring is 1. The second-order valence-corrected chi connectivity index (χ2v) is 4.79. The summed E-state index contributed by atoms with van der Waals surface area (Å²) in [5.74, 6) is 0.00894. The summed E-state index contributed by atoms with van der Waals surface area (Å²) in [5.41, 5.74) is 9.42. The fourth-order valence-corrected chi connectivity index (χ4v) is 2.30. The van der Waals surface area contributed by atoms with Crippen molar-refractivity contribution in [2.24, 2.45) is 0 Å². The highest BCUT2D eigenvalue weighted by atomic mass is 16.1. The maximum Gasteiger partial charge on any atom is 0.161 e. The van der Waals surface area contributed by atoms with Crippen molar-refractivity contribution in [2.45, 2.75) is 32.6 Å². The Hall–Kier alpha value is -1.77. The first kappa shape index (κ1) is 12.7. The summed E-state index contributed by atoms with van der Waals surface area (Å²) in [6.07, 6.45) is 7.19. The van der Waals surface area contributed by atoms with Gasteiger partial charge in [-0.2, -0.15) is 0 Å². The molecular weight excluding hydrogens is 224 g/mol. The highest BCUT2D eigenvalue weighted by Crippen LogP contribution is 2.22. The average molecular weight is 244 g/mol. The number of nitrogens with two attached hydrogens (primary N) is 1. The molecule has 0 unspecified atom stereocenters. The highest BCUT2D eigenvalue weighted by Gasteiger charge is 2.06. The third-order valence-electron chi connectivity index (χ3n) is 3.34. The molecule has 1 aliphatic carbocycles. The van der Waals surface area contributed by atoms with Crippen molar-refractivity contribution in [2.75, 3.05) is 17.6 Å². The van der Waals surface area contributed by atoms with Gasteiger partial charge in [0.1, 0.15) is 0 Å². The van der Waals surface area contributed by atoms with Crippen LogP contribution >= 0.6 is 0 Å². The van der Waals surface area contributed by atoms with E-state index in [1.165, 1.54) is 19.3 Å². The maximum absolute atomic E-state index is 11.4. The zero-order chi connectivity index (χ0) is 13.0. The van der Waals surface area contributed by atoms with Crippen LogP contribution in [0, 0.1) is 0 Å². The largest absolute Gasteiger partial charge is 0.398 e. The molecule has 0 bridgehead atoms. The first-order valence-electron chi connectivity index (χ1n) is 6.49. The van der Waals surface area contributed by atoms with Gasteiger partial charge < -0.3 is 11.1 Å². The quantitative estimate of drug-likeness (QED) is 0.474. The molecule has 0 amide bonds. The predicted octanol–water partition coefficient (Wildman–Crippen LogP) is 3.38. The molecule has 0 aromatic heterocycles. The third kappa shape index (κ3) is 3.13. The summed E-state index contributed by atoms with van der Waals surface area (Å²) in [6.45, 7) is 2.45. The number of ketones is 1. The van der Waals surface area contributed by atoms with Gasteiger partial charge >= 0.3 is 0 Å². The summed E-state index contributed by atoms with van der Waals surface area (Å²) in [4.78, 5) is 11.4. The van der Waals surface area contributed by atoms with Gasteiger partial charge in [-0.15, -0.1) is 0 Å². The molecule has 18 heavy (non-hydrogen) atoms. The minimum Gasteiger partial charge on any atom is -0.398 e. The van der Waals surface area contributed by atoms with Crippen LogP contribution in [0.25, 0.3) is 0 Å². The van der Waals surface area contributed by atoms with E-state index in [9.17, 15) is 4.79 Å². The molecule has 0 saturated carbocycles. The van der Waals surface area contributed by atoms with Gasteiger partial charge in [0.15, 0.2) is 5.78 Å². The molecule has 0 atom stereocenters. The number of benzene rings is 1. The van der Waals surface area contributed by atoms with Gasteiger partial charge in [-0.1, -0.05) is 11.6 Å². The lowest BCUT2D eigenvalue weighted by Crippen LogP contribution is -2.05. The van der Waals surface area contributed by atoms with E-state index >= 15 is 0 Å². The average Bonchev–Trinajstić information content (AvgIpc) is 2.84. The molecule has 3 nitrogen and oxygen atoms in total. The van der Waals surface area contributed by atoms with E-state index < -0.39 is 0 Å². The number of Topliss-reactive ketones (excluding diaryl/α,β-unsaturated/α-hetero) is 1. The maximum atomic E-state index is 11.4. The molecule has 2 rings (SSSR count). The number of anilines is 2. The first-order chi connectivity index (χ1) is 8.66. The fraction of sp³-hybridized carbons (Fsp3) is 0.400. The number of hydrogen-bond donors (Lipinski definition) is 2. The molecule has 3 N–H and O–H groups in total. The van der Waals surface area contributed by atoms with Crippen LogP contribution in [0.15, 0.2) is 29.8 Å². The van der Waals surface area contributed by atoms with Crippen molar-refractivity contribution in [3.8, 4) is 0 Å². The van der Waals surface area contributed by atoms with Gasteiger partial charge in [-0.3, -0.25) is 4.79 Å². The predicted molar refractivity (Wildman–Crippen MR) is 75.9 cm³/mol. The topological polar surface area (TPSA) is 55.1 Å². The lowest BCUT2D eigenvalue weighted by atomic mass is 10.1. The molecule has 0 fully saturated rings. The van der Waals surface area contributed by atoms with Crippen molar-refractivity contribution >= 4 is 17.2 Å². The number of rotatable bonds is 5. The van der Waals surface area contributed by atoms with Gasteiger partial charge in [-0.05, 0) is 50.8 Å². The Kier molecular flexibility index (Phi) is 4.03. The van der Waals surface area contributed by atoms with Gasteiger partial charge in [0.25, 0.3) is 0 Å². The minimum atomic E-state index is 0.00894. The Labute approximate surface area is 108 Å². The Bertz CT molecular complexity index is 477. The van der Waals surface area contributed by atoms with Gasteiger partial charge in [0.2, 0.25) is 0 Å². The molecule has 3 heteroatoms. The minimum absolute atomic E-state index is 0.00894. The van der Waals surface area contributed by atoms with Crippen LogP contribution < -0.4 is 11.1 Å². The Morgan fingerprint density at radius 1 is 1.44 bits per heavy atom. The second-order valence-electron chi connectivity index (χ2n) is 4.79. The molecule has 1 aliphatic rings. The summed E-state index contributed by atoms with van der Waals surface area (Å²) in [5, 5.41) is 3.35. The lowest BCUT2D eigenvalue weighted by Gasteiger charge is -2.09. The van der Waals surface area contributed by atoms with E-state index in [0.717, 1.165) is 18.7 Å². The fourth-order valence-electron chi connectivity index (χ4n) is 2.30. The molecule has 0 saturated heterocycles. The van der Waals surface area contributed by atoms with Crippen LogP contribution in [-0.4, -0.2) is 12.3 Å². The SMILES string of the molecule is CC(=O)c1cc(NCCC2=CCCC2)ccc1N. The Balaban J connectivity index is 1.93. The van der Waals surface area contributed by atoms with Gasteiger partial charge in [0, 0.05) is 23.5 Å². The Morgan fingerprint density at radius 2 is 2.28 bits per heavy atom. The molecule has 1 aromatic rings. The van der Waals surface area contributed by atoms with Crippen molar-refractivity contribution in [3.63, 3.8) is 0 Å². The Morgan fingerprint density at radius 3 is 2.94 bits per heavy atom. The van der Waals surface area contributed by atoms with Crippen LogP contribution in [0.4, 0.5) is 11.4 Å². The van der Waals surface area contributed by atoms with Crippen molar-refractivity contribution in [1.29, 1.82) is 0 Å². The molecule has 0 radical (unpaired) electrons. The lowest BCUT2D eigenvalue weighted by molar-refractivity contribution is 0.101. The van der Waals surface area contributed by atoms with Gasteiger partial charge in [-0.25, -0.2) is 0 Å². The zero-order valence-corrected chi connectivity index (χ0v) is 10.8. The summed E-state index contributed by atoms with van der Waals surface area (Å²) in [7, 11) is 0. The molecule has 0 heterocycles. The number of carbonyl (C=O) groups excluding carboxylic acids is 1. The first-order valence-corrected chi connectivity index (χ1v) is 6.49. The van der Waals surface area contributed by atoms with E-state index in [2.05, 4.69) is 11.4 Å². The zero-order valence-electron chi connectivity index (χ0n) is 10.8. The molecular formula is C15H20N2O. The smallest absolute Gasteiger partial charge is 0.161 e. The van der Waals surface area contributed by atoms with Gasteiger partial charge in [0.05, 0.1) is 0 Å². The van der Waals surface area contributed by atoms with E-state index in [0.29, 0.717) is 11.3 Å². The number of hydrogen-bond acceptors (Lipinski definition) is 3. The molecule has 0 spiro atoms. The highest BCUT2D eigenvalue weighted by molar-refractivity contribution is 5.99. The van der Waals surface area contributed by atoms with E-state index in [1.54, 1.807) is 18.6 Å². The van der Waals surface area contributed by atoms with E-state index in [-0.39, 0.29) is 5.78 Å². The van der Waals surface area contributed by atoms with Crippen LogP contribution in [-0.2, 0) is 0 Å².